The first-order chi connectivity index (χ1) is 12.6. The third kappa shape index (κ3) is 7.30. The van der Waals surface area contributed by atoms with Gasteiger partial charge in [0, 0.05) is 30.7 Å². The molecule has 144 valence electrons. The largest absolute Gasteiger partial charge is 0.481 e. The number of hydrogen-bond donors (Lipinski definition) is 2. The van der Waals surface area contributed by atoms with Crippen LogP contribution in [-0.4, -0.2) is 45.7 Å². The molecule has 26 heavy (non-hydrogen) atoms. The van der Waals surface area contributed by atoms with Gasteiger partial charge in [0.05, 0.1) is 12.1 Å². The number of rotatable bonds is 11. The van der Waals surface area contributed by atoms with Crippen molar-refractivity contribution in [2.45, 2.75) is 69.9 Å². The molecule has 2 atom stereocenters. The standard InChI is InChI=1S/C20H29NO4S/c22-17(15-18-8-6-14-26-18)12-11-16-7-5-9-19(23)21(16)13-4-2-1-3-10-20(24)25/h6,8,11-12,14,16-17,22H,1-5,7,9-10,13,15H2,(H,24,25)/b12-11+/t16-,17?/m1/s1. The first-order valence-corrected chi connectivity index (χ1v) is 10.3. The molecule has 1 fully saturated rings. The van der Waals surface area contributed by atoms with Gasteiger partial charge in [0.25, 0.3) is 0 Å². The summed E-state index contributed by atoms with van der Waals surface area (Å²) in [7, 11) is 0. The Morgan fingerprint density at radius 2 is 2.15 bits per heavy atom. The molecule has 1 aromatic heterocycles. The van der Waals surface area contributed by atoms with Crippen LogP contribution < -0.4 is 0 Å². The first kappa shape index (κ1) is 20.6. The molecule has 1 amide bonds. The summed E-state index contributed by atoms with van der Waals surface area (Å²) >= 11 is 1.64. The molecule has 1 aliphatic heterocycles. The third-order valence-corrected chi connectivity index (χ3v) is 5.60. The van der Waals surface area contributed by atoms with Gasteiger partial charge in [-0.05, 0) is 37.1 Å². The first-order valence-electron chi connectivity index (χ1n) is 9.46. The maximum absolute atomic E-state index is 12.3. The minimum atomic E-state index is -0.748. The Balaban J connectivity index is 1.77. The van der Waals surface area contributed by atoms with Crippen LogP contribution in [0.15, 0.2) is 29.7 Å². The van der Waals surface area contributed by atoms with E-state index in [1.54, 1.807) is 11.3 Å². The number of nitrogens with zero attached hydrogens (tertiary/aromatic N) is 1. The summed E-state index contributed by atoms with van der Waals surface area (Å²) in [5.41, 5.74) is 0. The minimum Gasteiger partial charge on any atom is -0.481 e. The summed E-state index contributed by atoms with van der Waals surface area (Å²) in [5, 5.41) is 20.8. The Labute approximate surface area is 159 Å². The van der Waals surface area contributed by atoms with E-state index in [1.807, 2.05) is 34.6 Å². The third-order valence-electron chi connectivity index (χ3n) is 4.70. The van der Waals surface area contributed by atoms with Gasteiger partial charge in [0.2, 0.25) is 5.91 Å². The number of carboxylic acid groups (broad SMARTS) is 1. The number of likely N-dealkylation sites (tertiary alicyclic amines) is 1. The second kappa shape index (κ2) is 11.1. The van der Waals surface area contributed by atoms with Crippen molar-refractivity contribution in [1.29, 1.82) is 0 Å². The molecule has 0 spiro atoms. The van der Waals surface area contributed by atoms with Crippen molar-refractivity contribution in [2.75, 3.05) is 6.54 Å². The van der Waals surface area contributed by atoms with Crippen molar-refractivity contribution in [3.05, 3.63) is 34.5 Å². The van der Waals surface area contributed by atoms with Crippen LogP contribution in [-0.2, 0) is 16.0 Å². The van der Waals surface area contributed by atoms with Crippen LogP contribution in [0, 0.1) is 0 Å². The Morgan fingerprint density at radius 1 is 1.35 bits per heavy atom. The second-order valence-corrected chi connectivity index (χ2v) is 7.87. The maximum Gasteiger partial charge on any atom is 0.303 e. The lowest BCUT2D eigenvalue weighted by Gasteiger charge is -2.34. The van der Waals surface area contributed by atoms with E-state index in [0.717, 1.165) is 37.0 Å². The molecule has 1 aromatic rings. The lowest BCUT2D eigenvalue weighted by molar-refractivity contribution is -0.137. The topological polar surface area (TPSA) is 77.8 Å². The van der Waals surface area contributed by atoms with Gasteiger partial charge >= 0.3 is 5.97 Å². The average Bonchev–Trinajstić information content (AvgIpc) is 3.10. The molecule has 6 heteroatoms. The lowest BCUT2D eigenvalue weighted by Crippen LogP contribution is -2.43. The lowest BCUT2D eigenvalue weighted by atomic mass is 9.99. The zero-order valence-electron chi connectivity index (χ0n) is 15.2. The van der Waals surface area contributed by atoms with Gasteiger partial charge in [-0.1, -0.05) is 31.1 Å². The van der Waals surface area contributed by atoms with Gasteiger partial charge in [-0.25, -0.2) is 0 Å². The van der Waals surface area contributed by atoms with Crippen molar-refractivity contribution < 1.29 is 19.8 Å². The number of piperidine rings is 1. The molecule has 1 aliphatic rings. The Bertz CT molecular complexity index is 585. The fourth-order valence-corrected chi connectivity index (χ4v) is 4.06. The molecule has 0 aromatic carbocycles. The zero-order chi connectivity index (χ0) is 18.8. The van der Waals surface area contributed by atoms with Gasteiger partial charge in [-0.15, -0.1) is 11.3 Å². The predicted octanol–water partition coefficient (Wildman–Crippen LogP) is 3.62. The Morgan fingerprint density at radius 3 is 2.88 bits per heavy atom. The van der Waals surface area contributed by atoms with Crippen LogP contribution in [0.5, 0.6) is 0 Å². The summed E-state index contributed by atoms with van der Waals surface area (Å²) in [4.78, 5) is 25.9. The van der Waals surface area contributed by atoms with Crippen molar-refractivity contribution in [3.63, 3.8) is 0 Å². The van der Waals surface area contributed by atoms with E-state index < -0.39 is 12.1 Å². The molecule has 0 aliphatic carbocycles. The van der Waals surface area contributed by atoms with Crippen LogP contribution in [0.1, 0.15) is 56.2 Å². The molecule has 2 heterocycles. The highest BCUT2D eigenvalue weighted by Gasteiger charge is 2.25. The number of unbranched alkanes of at least 4 members (excludes halogenated alkanes) is 3. The molecule has 2 N–H and O–H groups in total. The zero-order valence-corrected chi connectivity index (χ0v) is 16.0. The van der Waals surface area contributed by atoms with E-state index >= 15 is 0 Å². The molecule has 0 radical (unpaired) electrons. The quantitative estimate of drug-likeness (QED) is 0.455. The number of hydrogen-bond acceptors (Lipinski definition) is 4. The van der Waals surface area contributed by atoms with Gasteiger partial charge in [-0.2, -0.15) is 0 Å². The van der Waals surface area contributed by atoms with E-state index in [-0.39, 0.29) is 18.4 Å². The highest BCUT2D eigenvalue weighted by Crippen LogP contribution is 2.21. The molecule has 0 saturated carbocycles. The van der Waals surface area contributed by atoms with Crippen LogP contribution in [0.2, 0.25) is 0 Å². The number of carboxylic acids is 1. The van der Waals surface area contributed by atoms with Crippen molar-refractivity contribution >= 4 is 23.2 Å². The molecular formula is C20H29NO4S. The molecule has 5 nitrogen and oxygen atoms in total. The smallest absolute Gasteiger partial charge is 0.303 e. The monoisotopic (exact) mass is 379 g/mol. The van der Waals surface area contributed by atoms with Gasteiger partial charge in [0.15, 0.2) is 0 Å². The number of carbonyl (C=O) groups excluding carboxylic acids is 1. The Hall–Kier alpha value is -1.66. The number of aliphatic carboxylic acids is 1. The second-order valence-electron chi connectivity index (χ2n) is 6.84. The maximum atomic E-state index is 12.3. The van der Waals surface area contributed by atoms with Crippen LogP contribution >= 0.6 is 11.3 Å². The Kier molecular flexibility index (Phi) is 8.85. The number of aliphatic hydroxyl groups excluding tert-OH is 1. The molecule has 1 saturated heterocycles. The predicted molar refractivity (Wildman–Crippen MR) is 103 cm³/mol. The van der Waals surface area contributed by atoms with E-state index in [4.69, 9.17) is 5.11 Å². The summed E-state index contributed by atoms with van der Waals surface area (Å²) in [6, 6.07) is 4.06. The van der Waals surface area contributed by atoms with E-state index in [9.17, 15) is 14.7 Å². The minimum absolute atomic E-state index is 0.0632. The van der Waals surface area contributed by atoms with Crippen molar-refractivity contribution in [3.8, 4) is 0 Å². The normalized spacial score (nSPS) is 19.2. The molecule has 0 bridgehead atoms. The number of carbonyl (C=O) groups is 2. The van der Waals surface area contributed by atoms with Crippen LogP contribution in [0.25, 0.3) is 0 Å². The fraction of sp³-hybridized carbons (Fsp3) is 0.600. The SMILES string of the molecule is O=C(O)CCCCCCN1C(=O)CCC[C@@H]1/C=C/C(O)Cc1cccs1. The summed E-state index contributed by atoms with van der Waals surface area (Å²) < 4.78 is 0. The van der Waals surface area contributed by atoms with Gasteiger partial charge < -0.3 is 15.1 Å². The van der Waals surface area contributed by atoms with Gasteiger partial charge in [-0.3, -0.25) is 9.59 Å². The fourth-order valence-electron chi connectivity index (χ4n) is 3.31. The molecule has 2 rings (SSSR count). The number of aliphatic hydroxyl groups is 1. The molecule has 1 unspecified atom stereocenters. The average molecular weight is 380 g/mol. The summed E-state index contributed by atoms with van der Waals surface area (Å²) in [5.74, 6) is -0.563. The highest BCUT2D eigenvalue weighted by molar-refractivity contribution is 7.09. The van der Waals surface area contributed by atoms with Crippen molar-refractivity contribution in [2.24, 2.45) is 0 Å². The molecular weight excluding hydrogens is 350 g/mol. The van der Waals surface area contributed by atoms with Crippen LogP contribution in [0.4, 0.5) is 0 Å². The van der Waals surface area contributed by atoms with E-state index in [1.165, 1.54) is 0 Å². The van der Waals surface area contributed by atoms with Crippen molar-refractivity contribution in [1.82, 2.24) is 4.90 Å². The van der Waals surface area contributed by atoms with Gasteiger partial charge in [0.1, 0.15) is 0 Å². The summed E-state index contributed by atoms with van der Waals surface area (Å²) in [6.45, 7) is 0.710. The highest BCUT2D eigenvalue weighted by atomic mass is 32.1. The van der Waals surface area contributed by atoms with Crippen LogP contribution in [0.3, 0.4) is 0 Å². The number of thiophene rings is 1. The van der Waals surface area contributed by atoms with E-state index in [0.29, 0.717) is 25.8 Å². The van der Waals surface area contributed by atoms with E-state index in [2.05, 4.69) is 0 Å². The summed E-state index contributed by atoms with van der Waals surface area (Å²) in [6.07, 6.45) is 9.95. The number of amides is 1.